The van der Waals surface area contributed by atoms with E-state index in [1.807, 2.05) is 4.68 Å². The highest BCUT2D eigenvalue weighted by molar-refractivity contribution is 5.81. The Balaban J connectivity index is 1.84. The van der Waals surface area contributed by atoms with Crippen LogP contribution in [0.2, 0.25) is 0 Å². The fourth-order valence-corrected chi connectivity index (χ4v) is 3.48. The summed E-state index contributed by atoms with van der Waals surface area (Å²) in [6, 6.07) is 8.59. The molecular formula is C18H27N3. The van der Waals surface area contributed by atoms with Crippen molar-refractivity contribution in [3.8, 4) is 0 Å². The molecule has 0 aliphatic heterocycles. The molecule has 1 unspecified atom stereocenters. The topological polar surface area (TPSA) is 29.9 Å². The third-order valence-corrected chi connectivity index (χ3v) is 4.92. The Hall–Kier alpha value is -1.35. The van der Waals surface area contributed by atoms with Crippen molar-refractivity contribution < 1.29 is 0 Å². The molecule has 1 aromatic heterocycles. The van der Waals surface area contributed by atoms with Crippen LogP contribution < -0.4 is 5.32 Å². The molecule has 0 saturated heterocycles. The smallest absolute Gasteiger partial charge is 0.0709 e. The second-order valence-corrected chi connectivity index (χ2v) is 6.87. The summed E-state index contributed by atoms with van der Waals surface area (Å²) in [5.74, 6) is 0.864. The summed E-state index contributed by atoms with van der Waals surface area (Å²) in [6.45, 7) is 6.90. The summed E-state index contributed by atoms with van der Waals surface area (Å²) in [5, 5.41) is 9.76. The Morgan fingerprint density at radius 1 is 1.33 bits per heavy atom. The van der Waals surface area contributed by atoms with Gasteiger partial charge in [0.15, 0.2) is 0 Å². The molecule has 3 rings (SSSR count). The maximum Gasteiger partial charge on any atom is 0.0709 e. The van der Waals surface area contributed by atoms with Gasteiger partial charge < -0.3 is 5.32 Å². The molecule has 1 N–H and O–H groups in total. The van der Waals surface area contributed by atoms with E-state index >= 15 is 0 Å². The van der Waals surface area contributed by atoms with Crippen molar-refractivity contribution >= 4 is 10.9 Å². The molecule has 0 bridgehead atoms. The number of nitrogens with zero attached hydrogens (tertiary/aromatic N) is 2. The number of benzene rings is 1. The Morgan fingerprint density at radius 3 is 2.81 bits per heavy atom. The van der Waals surface area contributed by atoms with Crippen LogP contribution in [0.25, 0.3) is 10.9 Å². The first kappa shape index (κ1) is 14.6. The van der Waals surface area contributed by atoms with Gasteiger partial charge in [0.25, 0.3) is 0 Å². The molecule has 3 heteroatoms. The number of aromatic nitrogens is 2. The van der Waals surface area contributed by atoms with Crippen molar-refractivity contribution in [3.05, 3.63) is 30.0 Å². The van der Waals surface area contributed by atoms with Gasteiger partial charge in [-0.2, -0.15) is 5.10 Å². The highest BCUT2D eigenvalue weighted by Gasteiger charge is 2.41. The minimum absolute atomic E-state index is 0.340. The van der Waals surface area contributed by atoms with Crippen LogP contribution in [0.4, 0.5) is 0 Å². The third-order valence-electron chi connectivity index (χ3n) is 4.92. The summed E-state index contributed by atoms with van der Waals surface area (Å²) in [5.41, 5.74) is 2.85. The van der Waals surface area contributed by atoms with E-state index in [1.54, 1.807) is 0 Å². The normalized spacial score (nSPS) is 18.0. The molecule has 2 aromatic rings. The summed E-state index contributed by atoms with van der Waals surface area (Å²) >= 11 is 0. The molecule has 3 nitrogen and oxygen atoms in total. The van der Waals surface area contributed by atoms with Crippen molar-refractivity contribution in [2.45, 2.75) is 39.5 Å². The molecule has 114 valence electrons. The van der Waals surface area contributed by atoms with Gasteiger partial charge in [0, 0.05) is 19.0 Å². The molecule has 1 atom stereocenters. The maximum absolute atomic E-state index is 4.80. The summed E-state index contributed by atoms with van der Waals surface area (Å²) in [7, 11) is 2.05. The molecule has 1 aliphatic carbocycles. The van der Waals surface area contributed by atoms with Crippen LogP contribution in [0, 0.1) is 11.3 Å². The second-order valence-electron chi connectivity index (χ2n) is 6.87. The number of rotatable bonds is 7. The van der Waals surface area contributed by atoms with Crippen molar-refractivity contribution in [2.75, 3.05) is 13.1 Å². The van der Waals surface area contributed by atoms with E-state index < -0.39 is 0 Å². The molecule has 1 aromatic carbocycles. The standard InChI is InChI=1S/C18H27N3/c1-4-11-19-13-18(2,14-9-10-14)12-16-15-7-5-6-8-17(15)21(3)20-16/h5-8,14,19H,4,9-13H2,1-3H3. The van der Waals surface area contributed by atoms with E-state index in [1.165, 1.54) is 35.9 Å². The minimum Gasteiger partial charge on any atom is -0.316 e. The first-order chi connectivity index (χ1) is 10.1. The van der Waals surface area contributed by atoms with Crippen molar-refractivity contribution in [3.63, 3.8) is 0 Å². The van der Waals surface area contributed by atoms with Gasteiger partial charge in [0.1, 0.15) is 0 Å². The van der Waals surface area contributed by atoms with E-state index in [2.05, 4.69) is 50.5 Å². The number of para-hydroxylation sites is 1. The first-order valence-electron chi connectivity index (χ1n) is 8.25. The van der Waals surface area contributed by atoms with Gasteiger partial charge in [-0.05, 0) is 49.6 Å². The monoisotopic (exact) mass is 285 g/mol. The van der Waals surface area contributed by atoms with Crippen LogP contribution in [0.3, 0.4) is 0 Å². The van der Waals surface area contributed by atoms with Crippen molar-refractivity contribution in [2.24, 2.45) is 18.4 Å². The number of nitrogens with one attached hydrogen (secondary N) is 1. The molecule has 1 saturated carbocycles. The zero-order chi connectivity index (χ0) is 14.9. The molecule has 0 radical (unpaired) electrons. The molecule has 1 heterocycles. The molecule has 0 spiro atoms. The minimum atomic E-state index is 0.340. The largest absolute Gasteiger partial charge is 0.316 e. The van der Waals surface area contributed by atoms with Crippen LogP contribution in [-0.2, 0) is 13.5 Å². The van der Waals surface area contributed by atoms with E-state index in [9.17, 15) is 0 Å². The van der Waals surface area contributed by atoms with Gasteiger partial charge in [0.2, 0.25) is 0 Å². The average molecular weight is 285 g/mol. The highest BCUT2D eigenvalue weighted by atomic mass is 15.3. The van der Waals surface area contributed by atoms with E-state index in [0.717, 1.165) is 25.4 Å². The summed E-state index contributed by atoms with van der Waals surface area (Å²) in [6.07, 6.45) is 5.05. The number of hydrogen-bond donors (Lipinski definition) is 1. The average Bonchev–Trinajstić information content (AvgIpc) is 3.28. The van der Waals surface area contributed by atoms with Gasteiger partial charge in [0.05, 0.1) is 11.2 Å². The van der Waals surface area contributed by atoms with Crippen LogP contribution >= 0.6 is 0 Å². The number of aryl methyl sites for hydroxylation is 1. The Morgan fingerprint density at radius 2 is 2.10 bits per heavy atom. The quantitative estimate of drug-likeness (QED) is 0.789. The number of hydrogen-bond acceptors (Lipinski definition) is 2. The fourth-order valence-electron chi connectivity index (χ4n) is 3.48. The van der Waals surface area contributed by atoms with Gasteiger partial charge in [-0.15, -0.1) is 0 Å². The molecule has 1 fully saturated rings. The highest BCUT2D eigenvalue weighted by Crippen LogP contribution is 2.47. The van der Waals surface area contributed by atoms with Gasteiger partial charge in [-0.3, -0.25) is 4.68 Å². The zero-order valence-corrected chi connectivity index (χ0v) is 13.5. The first-order valence-corrected chi connectivity index (χ1v) is 8.25. The van der Waals surface area contributed by atoms with Gasteiger partial charge in [-0.25, -0.2) is 0 Å². The lowest BCUT2D eigenvalue weighted by Crippen LogP contribution is -2.36. The van der Waals surface area contributed by atoms with Crippen LogP contribution in [-0.4, -0.2) is 22.9 Å². The van der Waals surface area contributed by atoms with Gasteiger partial charge in [-0.1, -0.05) is 32.0 Å². The molecule has 1 aliphatic rings. The maximum atomic E-state index is 4.80. The van der Waals surface area contributed by atoms with Crippen LogP contribution in [0.5, 0.6) is 0 Å². The third kappa shape index (κ3) is 2.98. The van der Waals surface area contributed by atoms with Gasteiger partial charge >= 0.3 is 0 Å². The molecule has 21 heavy (non-hydrogen) atoms. The lowest BCUT2D eigenvalue weighted by atomic mass is 9.79. The predicted octanol–water partition coefficient (Wildman–Crippen LogP) is 3.53. The second kappa shape index (κ2) is 5.80. The lowest BCUT2D eigenvalue weighted by Gasteiger charge is -2.29. The summed E-state index contributed by atoms with van der Waals surface area (Å²) in [4.78, 5) is 0. The fraction of sp³-hybridized carbons (Fsp3) is 0.611. The Labute approximate surface area is 127 Å². The number of fused-ring (bicyclic) bond motifs is 1. The lowest BCUT2D eigenvalue weighted by molar-refractivity contribution is 0.254. The van der Waals surface area contributed by atoms with E-state index in [0.29, 0.717) is 5.41 Å². The van der Waals surface area contributed by atoms with Crippen molar-refractivity contribution in [1.82, 2.24) is 15.1 Å². The molecular weight excluding hydrogens is 258 g/mol. The van der Waals surface area contributed by atoms with E-state index in [4.69, 9.17) is 5.10 Å². The summed E-state index contributed by atoms with van der Waals surface area (Å²) < 4.78 is 2.03. The van der Waals surface area contributed by atoms with Crippen molar-refractivity contribution in [1.29, 1.82) is 0 Å². The van der Waals surface area contributed by atoms with Crippen LogP contribution in [0.1, 0.15) is 38.8 Å². The molecule has 0 amide bonds. The SMILES string of the molecule is CCCNCC(C)(Cc1nn(C)c2ccccc12)C1CC1. The Kier molecular flexibility index (Phi) is 4.03. The van der Waals surface area contributed by atoms with E-state index in [-0.39, 0.29) is 0 Å². The zero-order valence-electron chi connectivity index (χ0n) is 13.5. The Bertz CT molecular complexity index is 612. The predicted molar refractivity (Wildman–Crippen MR) is 88.4 cm³/mol. The van der Waals surface area contributed by atoms with Crippen LogP contribution in [0.15, 0.2) is 24.3 Å².